The van der Waals surface area contributed by atoms with Crippen LogP contribution in [0.5, 0.6) is 5.75 Å². The Morgan fingerprint density at radius 1 is 0.850 bits per heavy atom. The molecule has 0 spiro atoms. The van der Waals surface area contributed by atoms with Gasteiger partial charge in [0.15, 0.2) is 0 Å². The summed E-state index contributed by atoms with van der Waals surface area (Å²) in [7, 11) is 0. The van der Waals surface area contributed by atoms with Crippen LogP contribution in [0.25, 0.3) is 0 Å². The Labute approximate surface area is 120 Å². The molecular formula is C18H20O2. The van der Waals surface area contributed by atoms with Gasteiger partial charge in [-0.25, -0.2) is 0 Å². The summed E-state index contributed by atoms with van der Waals surface area (Å²) in [6.07, 6.45) is 2.23. The fraction of sp³-hybridized carbons (Fsp3) is 0.333. The molecule has 0 aliphatic heterocycles. The normalized spacial score (nSPS) is 26.1. The van der Waals surface area contributed by atoms with E-state index in [4.69, 9.17) is 4.74 Å². The number of rotatable bonds is 3. The lowest BCUT2D eigenvalue weighted by Crippen LogP contribution is -2.37. The van der Waals surface area contributed by atoms with E-state index in [1.54, 1.807) is 0 Å². The summed E-state index contributed by atoms with van der Waals surface area (Å²) in [6, 6.07) is 20.3. The fourth-order valence-electron chi connectivity index (χ4n) is 2.94. The summed E-state index contributed by atoms with van der Waals surface area (Å²) >= 11 is 0. The first-order valence-corrected chi connectivity index (χ1v) is 7.27. The second-order valence-electron chi connectivity index (χ2n) is 5.46. The number of para-hydroxylation sites is 1. The third kappa shape index (κ3) is 3.02. The van der Waals surface area contributed by atoms with Gasteiger partial charge < -0.3 is 9.84 Å². The maximum Gasteiger partial charge on any atom is 0.125 e. The van der Waals surface area contributed by atoms with Crippen LogP contribution >= 0.6 is 0 Å². The minimum Gasteiger partial charge on any atom is -0.488 e. The van der Waals surface area contributed by atoms with Gasteiger partial charge in [0.1, 0.15) is 11.9 Å². The van der Waals surface area contributed by atoms with Crippen molar-refractivity contribution in [3.63, 3.8) is 0 Å². The molecule has 3 unspecified atom stereocenters. The number of hydrogen-bond donors (Lipinski definition) is 1. The van der Waals surface area contributed by atoms with Crippen LogP contribution in [0.15, 0.2) is 60.7 Å². The van der Waals surface area contributed by atoms with E-state index in [2.05, 4.69) is 24.3 Å². The molecule has 1 fully saturated rings. The summed E-state index contributed by atoms with van der Waals surface area (Å²) in [5, 5.41) is 10.2. The van der Waals surface area contributed by atoms with E-state index in [0.717, 1.165) is 25.0 Å². The third-order valence-electron chi connectivity index (χ3n) is 4.06. The molecule has 0 saturated heterocycles. The summed E-state index contributed by atoms with van der Waals surface area (Å²) in [6.45, 7) is 0. The maximum atomic E-state index is 10.2. The molecular weight excluding hydrogens is 248 g/mol. The van der Waals surface area contributed by atoms with Gasteiger partial charge in [-0.05, 0) is 42.9 Å². The zero-order valence-electron chi connectivity index (χ0n) is 11.5. The molecule has 3 atom stereocenters. The number of benzene rings is 2. The lowest BCUT2D eigenvalue weighted by molar-refractivity contribution is 0.000412. The Hall–Kier alpha value is -1.80. The van der Waals surface area contributed by atoms with Crippen LogP contribution in [0.3, 0.4) is 0 Å². The Balaban J connectivity index is 1.71. The average Bonchev–Trinajstić information content (AvgIpc) is 2.51. The van der Waals surface area contributed by atoms with Crippen molar-refractivity contribution in [2.75, 3.05) is 0 Å². The molecule has 20 heavy (non-hydrogen) atoms. The molecule has 0 heterocycles. The van der Waals surface area contributed by atoms with Gasteiger partial charge in [0, 0.05) is 0 Å². The van der Waals surface area contributed by atoms with Crippen LogP contribution in [-0.4, -0.2) is 17.3 Å². The molecule has 0 bridgehead atoms. The number of ether oxygens (including phenoxy) is 1. The average molecular weight is 268 g/mol. The lowest BCUT2D eigenvalue weighted by Gasteiger charge is -2.33. The molecule has 104 valence electrons. The summed E-state index contributed by atoms with van der Waals surface area (Å²) in [5.74, 6) is 1.32. The molecule has 0 aromatic heterocycles. The SMILES string of the molecule is OC1CCC(c2ccccc2)CC1Oc1ccccc1. The standard InChI is InChI=1S/C18H20O2/c19-17-12-11-15(14-7-3-1-4-8-14)13-18(17)20-16-9-5-2-6-10-16/h1-10,15,17-19H,11-13H2. The van der Waals surface area contributed by atoms with Crippen LogP contribution < -0.4 is 4.74 Å². The van der Waals surface area contributed by atoms with E-state index in [1.165, 1.54) is 5.56 Å². The summed E-state index contributed by atoms with van der Waals surface area (Å²) in [5.41, 5.74) is 1.35. The highest BCUT2D eigenvalue weighted by Crippen LogP contribution is 2.34. The monoisotopic (exact) mass is 268 g/mol. The van der Waals surface area contributed by atoms with E-state index >= 15 is 0 Å². The zero-order chi connectivity index (χ0) is 13.8. The highest BCUT2D eigenvalue weighted by molar-refractivity contribution is 5.23. The minimum absolute atomic E-state index is 0.114. The molecule has 1 aliphatic carbocycles. The first-order chi connectivity index (χ1) is 9.83. The van der Waals surface area contributed by atoms with E-state index in [0.29, 0.717) is 5.92 Å². The molecule has 1 saturated carbocycles. The van der Waals surface area contributed by atoms with Crippen molar-refractivity contribution >= 4 is 0 Å². The van der Waals surface area contributed by atoms with Crippen molar-refractivity contribution in [1.29, 1.82) is 0 Å². The molecule has 1 N–H and O–H groups in total. The fourth-order valence-corrected chi connectivity index (χ4v) is 2.94. The number of aliphatic hydroxyl groups excluding tert-OH is 1. The maximum absolute atomic E-state index is 10.2. The van der Waals surface area contributed by atoms with Gasteiger partial charge in [0.05, 0.1) is 6.10 Å². The first kappa shape index (κ1) is 13.2. The number of aliphatic hydroxyl groups is 1. The minimum atomic E-state index is -0.366. The molecule has 2 nitrogen and oxygen atoms in total. The first-order valence-electron chi connectivity index (χ1n) is 7.27. The van der Waals surface area contributed by atoms with Crippen LogP contribution in [0.4, 0.5) is 0 Å². The Kier molecular flexibility index (Phi) is 4.03. The highest BCUT2D eigenvalue weighted by atomic mass is 16.5. The van der Waals surface area contributed by atoms with Crippen LogP contribution in [-0.2, 0) is 0 Å². The Morgan fingerprint density at radius 3 is 2.20 bits per heavy atom. The van der Waals surface area contributed by atoms with Gasteiger partial charge in [0.2, 0.25) is 0 Å². The van der Waals surface area contributed by atoms with Crippen molar-refractivity contribution in [3.8, 4) is 5.75 Å². The van der Waals surface area contributed by atoms with Crippen molar-refractivity contribution in [2.24, 2.45) is 0 Å². The van der Waals surface area contributed by atoms with E-state index < -0.39 is 0 Å². The van der Waals surface area contributed by atoms with E-state index in [-0.39, 0.29) is 12.2 Å². The van der Waals surface area contributed by atoms with Gasteiger partial charge in [0.25, 0.3) is 0 Å². The largest absolute Gasteiger partial charge is 0.488 e. The third-order valence-corrected chi connectivity index (χ3v) is 4.06. The van der Waals surface area contributed by atoms with Crippen molar-refractivity contribution < 1.29 is 9.84 Å². The van der Waals surface area contributed by atoms with E-state index in [1.807, 2.05) is 36.4 Å². The topological polar surface area (TPSA) is 29.5 Å². The quantitative estimate of drug-likeness (QED) is 0.918. The molecule has 2 aromatic rings. The summed E-state index contributed by atoms with van der Waals surface area (Å²) in [4.78, 5) is 0. The number of hydrogen-bond acceptors (Lipinski definition) is 2. The Morgan fingerprint density at radius 2 is 1.50 bits per heavy atom. The molecule has 2 aromatic carbocycles. The van der Waals surface area contributed by atoms with Crippen molar-refractivity contribution in [3.05, 3.63) is 66.2 Å². The van der Waals surface area contributed by atoms with Crippen LogP contribution in [0.2, 0.25) is 0 Å². The molecule has 0 radical (unpaired) electrons. The molecule has 3 rings (SSSR count). The predicted molar refractivity (Wildman–Crippen MR) is 79.9 cm³/mol. The van der Waals surface area contributed by atoms with Gasteiger partial charge in [-0.15, -0.1) is 0 Å². The van der Waals surface area contributed by atoms with Gasteiger partial charge >= 0.3 is 0 Å². The van der Waals surface area contributed by atoms with Crippen LogP contribution in [0, 0.1) is 0 Å². The second kappa shape index (κ2) is 6.10. The van der Waals surface area contributed by atoms with Crippen molar-refractivity contribution in [1.82, 2.24) is 0 Å². The van der Waals surface area contributed by atoms with Gasteiger partial charge in [-0.2, -0.15) is 0 Å². The zero-order valence-corrected chi connectivity index (χ0v) is 11.5. The van der Waals surface area contributed by atoms with E-state index in [9.17, 15) is 5.11 Å². The van der Waals surface area contributed by atoms with Crippen molar-refractivity contribution in [2.45, 2.75) is 37.4 Å². The van der Waals surface area contributed by atoms with Gasteiger partial charge in [-0.3, -0.25) is 0 Å². The second-order valence-corrected chi connectivity index (χ2v) is 5.46. The molecule has 0 amide bonds. The lowest BCUT2D eigenvalue weighted by atomic mass is 9.81. The summed E-state index contributed by atoms with van der Waals surface area (Å²) < 4.78 is 5.97. The highest BCUT2D eigenvalue weighted by Gasteiger charge is 2.31. The van der Waals surface area contributed by atoms with Gasteiger partial charge in [-0.1, -0.05) is 48.5 Å². The molecule has 2 heteroatoms. The van der Waals surface area contributed by atoms with Crippen LogP contribution in [0.1, 0.15) is 30.7 Å². The predicted octanol–water partition coefficient (Wildman–Crippen LogP) is 3.76. The molecule has 1 aliphatic rings. The Bertz CT molecular complexity index is 524. The smallest absolute Gasteiger partial charge is 0.125 e.